The van der Waals surface area contributed by atoms with E-state index in [1.807, 2.05) is 60.7 Å². The monoisotopic (exact) mass is 704 g/mol. The molecule has 0 aromatic heterocycles. The normalized spacial score (nSPS) is 16.5. The van der Waals surface area contributed by atoms with Gasteiger partial charge in [-0.05, 0) is 72.5 Å². The summed E-state index contributed by atoms with van der Waals surface area (Å²) in [7, 11) is 6.52. The molecule has 4 aromatic rings. The molecule has 0 radical (unpaired) electrons. The molecule has 1 fully saturated rings. The van der Waals surface area contributed by atoms with Crippen LogP contribution in [0, 0.1) is 11.8 Å². The summed E-state index contributed by atoms with van der Waals surface area (Å²) < 4.78 is 10.5. The molecule has 0 heterocycles. The SMILES string of the molecule is COc1ccc(N(C)C(=O)[C@H](Cc2ccccc2)NC(=O)C2CCCCC2C(=O)N[C@@H](Cc2ccccc2)C(=O)N(C)c2ccc(OC)cc2)cc1. The van der Waals surface area contributed by atoms with E-state index in [9.17, 15) is 19.2 Å². The number of ether oxygens (including phenoxy) is 2. The lowest BCUT2D eigenvalue weighted by molar-refractivity contribution is -0.139. The molecule has 1 aliphatic carbocycles. The molecule has 5 rings (SSSR count). The van der Waals surface area contributed by atoms with Gasteiger partial charge in [0.15, 0.2) is 0 Å². The van der Waals surface area contributed by atoms with Gasteiger partial charge in [0.05, 0.1) is 14.2 Å². The maximum Gasteiger partial charge on any atom is 0.249 e. The molecule has 10 nitrogen and oxygen atoms in total. The summed E-state index contributed by atoms with van der Waals surface area (Å²) in [5.41, 5.74) is 3.10. The third-order valence-corrected chi connectivity index (χ3v) is 9.81. The Morgan fingerprint density at radius 2 is 0.923 bits per heavy atom. The average Bonchev–Trinajstić information content (AvgIpc) is 3.20. The van der Waals surface area contributed by atoms with Crippen LogP contribution < -0.4 is 29.9 Å². The van der Waals surface area contributed by atoms with Crippen molar-refractivity contribution in [2.24, 2.45) is 11.8 Å². The number of hydrogen-bond acceptors (Lipinski definition) is 6. The molecule has 2 unspecified atom stereocenters. The molecule has 10 heteroatoms. The number of amides is 4. The first-order valence-electron chi connectivity index (χ1n) is 17.7. The number of nitrogens with zero attached hydrogens (tertiary/aromatic N) is 2. The summed E-state index contributed by atoms with van der Waals surface area (Å²) in [5, 5.41) is 6.08. The predicted octanol–water partition coefficient (Wildman–Crippen LogP) is 5.59. The quantitative estimate of drug-likeness (QED) is 0.177. The second-order valence-corrected chi connectivity index (χ2v) is 13.2. The van der Waals surface area contributed by atoms with E-state index in [2.05, 4.69) is 10.6 Å². The summed E-state index contributed by atoms with van der Waals surface area (Å²) in [6, 6.07) is 31.6. The lowest BCUT2D eigenvalue weighted by Crippen LogP contribution is -2.54. The van der Waals surface area contributed by atoms with Crippen molar-refractivity contribution >= 4 is 35.0 Å². The van der Waals surface area contributed by atoms with Crippen molar-refractivity contribution in [3.8, 4) is 11.5 Å². The fraction of sp³-hybridized carbons (Fsp3) is 0.333. The molecule has 2 N–H and O–H groups in total. The maximum atomic E-state index is 14.2. The van der Waals surface area contributed by atoms with Crippen LogP contribution in [0.2, 0.25) is 0 Å². The Balaban J connectivity index is 1.35. The van der Waals surface area contributed by atoms with Gasteiger partial charge in [0.1, 0.15) is 23.6 Å². The van der Waals surface area contributed by atoms with E-state index < -0.39 is 23.9 Å². The molecule has 0 spiro atoms. The van der Waals surface area contributed by atoms with E-state index in [0.29, 0.717) is 35.7 Å². The van der Waals surface area contributed by atoms with E-state index in [-0.39, 0.29) is 36.5 Å². The Labute approximate surface area is 306 Å². The fourth-order valence-electron chi connectivity index (χ4n) is 6.75. The summed E-state index contributed by atoms with van der Waals surface area (Å²) in [5.74, 6) is -1.27. The van der Waals surface area contributed by atoms with Crippen LogP contribution in [0.15, 0.2) is 109 Å². The number of likely N-dealkylation sites (N-methyl/N-ethyl adjacent to an activating group) is 2. The third-order valence-electron chi connectivity index (χ3n) is 9.81. The van der Waals surface area contributed by atoms with Gasteiger partial charge in [0.2, 0.25) is 23.6 Å². The molecule has 1 saturated carbocycles. The summed E-state index contributed by atoms with van der Waals surface area (Å²) >= 11 is 0. The van der Waals surface area contributed by atoms with Crippen LogP contribution in [0.5, 0.6) is 11.5 Å². The molecule has 4 aromatic carbocycles. The van der Waals surface area contributed by atoms with E-state index in [1.165, 1.54) is 9.80 Å². The number of benzene rings is 4. The number of rotatable bonds is 14. The summed E-state index contributed by atoms with van der Waals surface area (Å²) in [6.45, 7) is 0. The highest BCUT2D eigenvalue weighted by atomic mass is 16.5. The van der Waals surface area contributed by atoms with Gasteiger partial charge in [-0.1, -0.05) is 73.5 Å². The minimum atomic E-state index is -0.877. The van der Waals surface area contributed by atoms with Gasteiger partial charge in [-0.2, -0.15) is 0 Å². The van der Waals surface area contributed by atoms with Gasteiger partial charge in [-0.25, -0.2) is 0 Å². The first-order valence-corrected chi connectivity index (χ1v) is 17.7. The van der Waals surface area contributed by atoms with E-state index in [0.717, 1.165) is 24.0 Å². The maximum absolute atomic E-state index is 14.2. The van der Waals surface area contributed by atoms with Gasteiger partial charge in [0.25, 0.3) is 0 Å². The van der Waals surface area contributed by atoms with E-state index in [1.54, 1.807) is 76.8 Å². The average molecular weight is 705 g/mol. The first-order chi connectivity index (χ1) is 25.2. The standard InChI is InChI=1S/C42H48N4O6/c1-45(31-19-23-33(51-3)24-20-31)41(49)37(27-29-13-7-5-8-14-29)43-39(47)35-17-11-12-18-36(35)40(48)44-38(28-30-15-9-6-10-16-30)42(50)46(2)32-21-25-34(52-4)26-22-32/h5-10,13-16,19-26,35-38H,11-12,17-18,27-28H2,1-4H3,(H,43,47)(H,44,48)/t35?,36?,37-,38-/m0/s1. The van der Waals surface area contributed by atoms with Crippen molar-refractivity contribution in [3.63, 3.8) is 0 Å². The fourth-order valence-corrected chi connectivity index (χ4v) is 6.75. The Kier molecular flexibility index (Phi) is 13.0. The lowest BCUT2D eigenvalue weighted by atomic mass is 9.77. The zero-order valence-electron chi connectivity index (χ0n) is 30.3. The van der Waals surface area contributed by atoms with Gasteiger partial charge in [0, 0.05) is 50.1 Å². The smallest absolute Gasteiger partial charge is 0.249 e. The lowest BCUT2D eigenvalue weighted by Gasteiger charge is -2.33. The van der Waals surface area contributed by atoms with Crippen molar-refractivity contribution in [2.45, 2.75) is 50.6 Å². The predicted molar refractivity (Wildman–Crippen MR) is 202 cm³/mol. The minimum absolute atomic E-state index is 0.279. The molecule has 0 bridgehead atoms. The highest BCUT2D eigenvalue weighted by Crippen LogP contribution is 2.31. The van der Waals surface area contributed by atoms with Crippen molar-refractivity contribution in [3.05, 3.63) is 120 Å². The Morgan fingerprint density at radius 3 is 1.25 bits per heavy atom. The van der Waals surface area contributed by atoms with Gasteiger partial charge in [-0.15, -0.1) is 0 Å². The third kappa shape index (κ3) is 9.57. The molecular weight excluding hydrogens is 656 g/mol. The van der Waals surface area contributed by atoms with E-state index >= 15 is 0 Å². The van der Waals surface area contributed by atoms with Crippen molar-refractivity contribution in [2.75, 3.05) is 38.1 Å². The van der Waals surface area contributed by atoms with Crippen molar-refractivity contribution in [1.29, 1.82) is 0 Å². The molecule has 0 aliphatic heterocycles. The number of nitrogens with one attached hydrogen (secondary N) is 2. The number of methoxy groups -OCH3 is 2. The second kappa shape index (κ2) is 18.0. The van der Waals surface area contributed by atoms with Crippen molar-refractivity contribution < 1.29 is 28.7 Å². The van der Waals surface area contributed by atoms with Crippen LogP contribution in [-0.2, 0) is 32.0 Å². The van der Waals surface area contributed by atoms with Crippen molar-refractivity contribution in [1.82, 2.24) is 10.6 Å². The summed E-state index contributed by atoms with van der Waals surface area (Å²) in [6.07, 6.45) is 3.09. The van der Waals surface area contributed by atoms with E-state index in [4.69, 9.17) is 9.47 Å². The number of carbonyl (C=O) groups is 4. The highest BCUT2D eigenvalue weighted by molar-refractivity contribution is 6.01. The first kappa shape index (κ1) is 37.6. The van der Waals surface area contributed by atoms with Crippen LogP contribution in [0.3, 0.4) is 0 Å². The molecule has 0 saturated heterocycles. The molecule has 4 amide bonds. The Hall–Kier alpha value is -5.64. The zero-order chi connectivity index (χ0) is 37.0. The molecular formula is C42H48N4O6. The zero-order valence-corrected chi connectivity index (χ0v) is 30.3. The highest BCUT2D eigenvalue weighted by Gasteiger charge is 2.39. The second-order valence-electron chi connectivity index (χ2n) is 13.2. The van der Waals surface area contributed by atoms with Gasteiger partial charge in [-0.3, -0.25) is 19.2 Å². The van der Waals surface area contributed by atoms with Crippen LogP contribution >= 0.6 is 0 Å². The number of carbonyl (C=O) groups excluding carboxylic acids is 4. The minimum Gasteiger partial charge on any atom is -0.497 e. The number of anilines is 2. The Bertz CT molecular complexity index is 1650. The summed E-state index contributed by atoms with van der Waals surface area (Å²) in [4.78, 5) is 59.4. The topological polar surface area (TPSA) is 117 Å². The number of hydrogen-bond donors (Lipinski definition) is 2. The van der Waals surface area contributed by atoms with Gasteiger partial charge >= 0.3 is 0 Å². The molecule has 272 valence electrons. The van der Waals surface area contributed by atoms with Crippen LogP contribution in [0.25, 0.3) is 0 Å². The molecule has 52 heavy (non-hydrogen) atoms. The van der Waals surface area contributed by atoms with Crippen LogP contribution in [0.1, 0.15) is 36.8 Å². The van der Waals surface area contributed by atoms with Gasteiger partial charge < -0.3 is 29.9 Å². The Morgan fingerprint density at radius 1 is 0.577 bits per heavy atom. The largest absolute Gasteiger partial charge is 0.497 e. The van der Waals surface area contributed by atoms with Crippen LogP contribution in [0.4, 0.5) is 11.4 Å². The molecule has 1 aliphatic rings. The molecule has 4 atom stereocenters. The van der Waals surface area contributed by atoms with Crippen LogP contribution in [-0.4, -0.2) is 64.0 Å².